The Kier molecular flexibility index (Phi) is 5.79. The molecule has 6 nitrogen and oxygen atoms in total. The average molecular weight is 301 g/mol. The van der Waals surface area contributed by atoms with E-state index in [9.17, 15) is 8.42 Å². The standard InChI is InChI=1S/C13H23N3O3S/c1-4-16(5-2)6-7-19-12-8-11(14)9-13(10(12)3)20(15,17)18/h8-9H,4-7,14H2,1-3H3,(H2,15,17,18). The fraction of sp³-hybridized carbons (Fsp3) is 0.538. The van der Waals surface area contributed by atoms with E-state index in [0.29, 0.717) is 23.6 Å². The maximum absolute atomic E-state index is 11.5. The zero-order valence-electron chi connectivity index (χ0n) is 12.2. The third-order valence-electron chi connectivity index (χ3n) is 3.20. The first-order valence-electron chi connectivity index (χ1n) is 6.57. The van der Waals surface area contributed by atoms with Gasteiger partial charge in [-0.15, -0.1) is 0 Å². The molecular weight excluding hydrogens is 278 g/mol. The first kappa shape index (κ1) is 16.7. The van der Waals surface area contributed by atoms with Crippen molar-refractivity contribution in [2.45, 2.75) is 25.7 Å². The highest BCUT2D eigenvalue weighted by Gasteiger charge is 2.16. The Hall–Kier alpha value is -1.31. The smallest absolute Gasteiger partial charge is 0.238 e. The maximum atomic E-state index is 11.5. The molecule has 0 aliphatic rings. The summed E-state index contributed by atoms with van der Waals surface area (Å²) in [7, 11) is -3.80. The number of hydrogen-bond acceptors (Lipinski definition) is 5. The van der Waals surface area contributed by atoms with Gasteiger partial charge in [-0.1, -0.05) is 13.8 Å². The van der Waals surface area contributed by atoms with Crippen LogP contribution in [0.1, 0.15) is 19.4 Å². The number of ether oxygens (including phenoxy) is 1. The van der Waals surface area contributed by atoms with Gasteiger partial charge < -0.3 is 15.4 Å². The lowest BCUT2D eigenvalue weighted by Crippen LogP contribution is -2.28. The topological polar surface area (TPSA) is 98.7 Å². The van der Waals surface area contributed by atoms with Crippen molar-refractivity contribution in [3.8, 4) is 5.75 Å². The molecule has 0 radical (unpaired) electrons. The van der Waals surface area contributed by atoms with Crippen molar-refractivity contribution >= 4 is 15.7 Å². The van der Waals surface area contributed by atoms with Gasteiger partial charge in [-0.2, -0.15) is 0 Å². The van der Waals surface area contributed by atoms with Gasteiger partial charge in [-0.05, 0) is 26.1 Å². The van der Waals surface area contributed by atoms with Crippen molar-refractivity contribution in [2.24, 2.45) is 5.14 Å². The molecule has 0 heterocycles. The third-order valence-corrected chi connectivity index (χ3v) is 4.24. The van der Waals surface area contributed by atoms with Crippen LogP contribution in [0.25, 0.3) is 0 Å². The number of rotatable bonds is 7. The van der Waals surface area contributed by atoms with Crippen LogP contribution in [0.15, 0.2) is 17.0 Å². The number of anilines is 1. The Balaban J connectivity index is 2.89. The Morgan fingerprint density at radius 2 is 1.85 bits per heavy atom. The summed E-state index contributed by atoms with van der Waals surface area (Å²) in [5, 5.41) is 5.17. The molecule has 0 saturated heterocycles. The molecule has 1 aromatic carbocycles. The molecule has 1 aromatic rings. The van der Waals surface area contributed by atoms with Crippen LogP contribution in [-0.4, -0.2) is 39.6 Å². The van der Waals surface area contributed by atoms with Gasteiger partial charge in [0, 0.05) is 23.9 Å². The van der Waals surface area contributed by atoms with Crippen LogP contribution in [0.2, 0.25) is 0 Å². The van der Waals surface area contributed by atoms with E-state index in [1.54, 1.807) is 13.0 Å². The van der Waals surface area contributed by atoms with E-state index in [-0.39, 0.29) is 4.90 Å². The van der Waals surface area contributed by atoms with Crippen molar-refractivity contribution < 1.29 is 13.2 Å². The molecule has 0 unspecified atom stereocenters. The van der Waals surface area contributed by atoms with Crippen molar-refractivity contribution in [1.29, 1.82) is 0 Å². The van der Waals surface area contributed by atoms with Gasteiger partial charge in [-0.25, -0.2) is 13.6 Å². The number of nitrogens with two attached hydrogens (primary N) is 2. The molecule has 4 N–H and O–H groups in total. The fourth-order valence-corrected chi connectivity index (χ4v) is 2.78. The fourth-order valence-electron chi connectivity index (χ4n) is 1.95. The van der Waals surface area contributed by atoms with Gasteiger partial charge in [0.15, 0.2) is 0 Å². The summed E-state index contributed by atoms with van der Waals surface area (Å²) in [5.41, 5.74) is 6.50. The number of benzene rings is 1. The SMILES string of the molecule is CCN(CC)CCOc1cc(N)cc(S(N)(=O)=O)c1C. The summed E-state index contributed by atoms with van der Waals surface area (Å²) in [6.45, 7) is 8.94. The van der Waals surface area contributed by atoms with Crippen molar-refractivity contribution in [3.63, 3.8) is 0 Å². The Bertz CT molecular complexity index is 554. The van der Waals surface area contributed by atoms with Crippen LogP contribution < -0.4 is 15.6 Å². The highest BCUT2D eigenvalue weighted by molar-refractivity contribution is 7.89. The summed E-state index contributed by atoms with van der Waals surface area (Å²) >= 11 is 0. The summed E-state index contributed by atoms with van der Waals surface area (Å²) in [5.74, 6) is 0.459. The number of primary sulfonamides is 1. The highest BCUT2D eigenvalue weighted by Crippen LogP contribution is 2.27. The number of sulfonamides is 1. The molecule has 0 spiro atoms. The molecule has 0 fully saturated rings. The molecule has 0 saturated carbocycles. The second-order valence-corrected chi connectivity index (χ2v) is 6.09. The zero-order chi connectivity index (χ0) is 15.3. The number of nitrogen functional groups attached to an aromatic ring is 1. The van der Waals surface area contributed by atoms with Gasteiger partial charge in [0.1, 0.15) is 12.4 Å². The van der Waals surface area contributed by atoms with E-state index in [1.165, 1.54) is 6.07 Å². The normalized spacial score (nSPS) is 11.8. The minimum Gasteiger partial charge on any atom is -0.492 e. The van der Waals surface area contributed by atoms with E-state index in [4.69, 9.17) is 15.6 Å². The molecule has 0 aliphatic carbocycles. The molecule has 0 aromatic heterocycles. The van der Waals surface area contributed by atoms with Gasteiger partial charge in [0.25, 0.3) is 0 Å². The summed E-state index contributed by atoms with van der Waals surface area (Å²) < 4.78 is 28.6. The lowest BCUT2D eigenvalue weighted by molar-refractivity contribution is 0.222. The molecule has 20 heavy (non-hydrogen) atoms. The third kappa shape index (κ3) is 4.36. The van der Waals surface area contributed by atoms with Crippen molar-refractivity contribution in [1.82, 2.24) is 4.90 Å². The van der Waals surface area contributed by atoms with Crippen molar-refractivity contribution in [2.75, 3.05) is 32.0 Å². The van der Waals surface area contributed by atoms with Gasteiger partial charge in [-0.3, -0.25) is 0 Å². The van der Waals surface area contributed by atoms with E-state index >= 15 is 0 Å². The van der Waals surface area contributed by atoms with E-state index in [1.807, 2.05) is 0 Å². The number of likely N-dealkylation sites (N-methyl/N-ethyl adjacent to an activating group) is 1. The molecule has 1 rings (SSSR count). The van der Waals surface area contributed by atoms with E-state index in [2.05, 4.69) is 18.7 Å². The van der Waals surface area contributed by atoms with E-state index in [0.717, 1.165) is 19.6 Å². The Labute approximate surface area is 120 Å². The molecule has 0 atom stereocenters. The largest absolute Gasteiger partial charge is 0.492 e. The minimum absolute atomic E-state index is 0.00957. The van der Waals surface area contributed by atoms with E-state index < -0.39 is 10.0 Å². The maximum Gasteiger partial charge on any atom is 0.238 e. The van der Waals surface area contributed by atoms with Gasteiger partial charge >= 0.3 is 0 Å². The lowest BCUT2D eigenvalue weighted by atomic mass is 10.2. The summed E-state index contributed by atoms with van der Waals surface area (Å²) in [6, 6.07) is 2.97. The van der Waals surface area contributed by atoms with Gasteiger partial charge in [0.05, 0.1) is 4.90 Å². The summed E-state index contributed by atoms with van der Waals surface area (Å²) in [4.78, 5) is 2.22. The molecule has 0 aliphatic heterocycles. The monoisotopic (exact) mass is 301 g/mol. The predicted octanol–water partition coefficient (Wildman–Crippen LogP) is 0.945. The molecule has 114 valence electrons. The average Bonchev–Trinajstić information content (AvgIpc) is 2.37. The molecule has 7 heteroatoms. The zero-order valence-corrected chi connectivity index (χ0v) is 13.0. The second-order valence-electron chi connectivity index (χ2n) is 4.56. The van der Waals surface area contributed by atoms with Crippen LogP contribution in [-0.2, 0) is 10.0 Å². The molecule has 0 bridgehead atoms. The van der Waals surface area contributed by atoms with Crippen LogP contribution in [0, 0.1) is 6.92 Å². The predicted molar refractivity (Wildman–Crippen MR) is 80.2 cm³/mol. The Morgan fingerprint density at radius 1 is 1.25 bits per heavy atom. The van der Waals surface area contributed by atoms with Crippen molar-refractivity contribution in [3.05, 3.63) is 17.7 Å². The first-order valence-corrected chi connectivity index (χ1v) is 8.12. The van der Waals surface area contributed by atoms with Crippen LogP contribution in [0.3, 0.4) is 0 Å². The number of hydrogen-bond donors (Lipinski definition) is 2. The Morgan fingerprint density at radius 3 is 2.35 bits per heavy atom. The van der Waals surface area contributed by atoms with Crippen LogP contribution in [0.5, 0.6) is 5.75 Å². The number of nitrogens with zero attached hydrogens (tertiary/aromatic N) is 1. The van der Waals surface area contributed by atoms with Gasteiger partial charge in [0.2, 0.25) is 10.0 Å². The minimum atomic E-state index is -3.80. The molecular formula is C13H23N3O3S. The van der Waals surface area contributed by atoms with Crippen LogP contribution in [0.4, 0.5) is 5.69 Å². The first-order chi connectivity index (χ1) is 9.29. The molecule has 0 amide bonds. The quantitative estimate of drug-likeness (QED) is 0.730. The van der Waals surface area contributed by atoms with Crippen LogP contribution >= 0.6 is 0 Å². The lowest BCUT2D eigenvalue weighted by Gasteiger charge is -2.19. The highest BCUT2D eigenvalue weighted by atomic mass is 32.2. The summed E-state index contributed by atoms with van der Waals surface area (Å²) in [6.07, 6.45) is 0. The second kappa shape index (κ2) is 6.92.